The van der Waals surface area contributed by atoms with Gasteiger partial charge in [-0.15, -0.1) is 0 Å². The summed E-state index contributed by atoms with van der Waals surface area (Å²) in [5.74, 6) is 0.912. The minimum Gasteiger partial charge on any atom is -0.293 e. The quantitative estimate of drug-likeness (QED) is 0.843. The molecule has 1 aliphatic heterocycles. The van der Waals surface area contributed by atoms with E-state index in [1.165, 1.54) is 0 Å². The highest BCUT2D eigenvalue weighted by atomic mass is 15.6. The lowest BCUT2D eigenvalue weighted by molar-refractivity contribution is 0.508. The minimum absolute atomic E-state index is 0.423. The van der Waals surface area contributed by atoms with Gasteiger partial charge in [-0.3, -0.25) is 10.4 Å². The molecule has 0 bridgehead atoms. The lowest BCUT2D eigenvalue weighted by Gasteiger charge is -2.28. The molecule has 3 heteroatoms. The highest BCUT2D eigenvalue weighted by Gasteiger charge is 2.39. The summed E-state index contributed by atoms with van der Waals surface area (Å²) < 4.78 is 0. The van der Waals surface area contributed by atoms with Gasteiger partial charge in [-0.2, -0.15) is 0 Å². The molecule has 3 nitrogen and oxygen atoms in total. The van der Waals surface area contributed by atoms with Gasteiger partial charge in [0.1, 0.15) is 11.4 Å². The average Bonchev–Trinajstić information content (AvgIpc) is 2.83. The Morgan fingerprint density at radius 1 is 0.957 bits per heavy atom. The van der Waals surface area contributed by atoms with Crippen molar-refractivity contribution in [1.29, 1.82) is 0 Å². The van der Waals surface area contributed by atoms with Crippen LogP contribution in [-0.2, 0) is 5.54 Å². The van der Waals surface area contributed by atoms with Crippen molar-refractivity contribution >= 4 is 11.5 Å². The molecule has 1 atom stereocenters. The summed E-state index contributed by atoms with van der Waals surface area (Å²) in [5, 5.41) is 1.96. The van der Waals surface area contributed by atoms with Crippen LogP contribution in [0.4, 0.5) is 5.69 Å². The second-order valence-electron chi connectivity index (χ2n) is 5.36. The first-order chi connectivity index (χ1) is 11.1. The Balaban J connectivity index is 0.000000924. The molecule has 2 aromatic rings. The van der Waals surface area contributed by atoms with Crippen molar-refractivity contribution in [3.63, 3.8) is 0 Å². The van der Waals surface area contributed by atoms with Crippen molar-refractivity contribution in [3.05, 3.63) is 78.5 Å². The first kappa shape index (κ1) is 16.8. The predicted molar refractivity (Wildman–Crippen MR) is 99.3 cm³/mol. The Morgan fingerprint density at radius 3 is 2.04 bits per heavy atom. The maximum Gasteiger partial charge on any atom is 0.126 e. The third-order valence-electron chi connectivity index (χ3n) is 3.89. The van der Waals surface area contributed by atoms with Crippen LogP contribution in [0, 0.1) is 0 Å². The summed E-state index contributed by atoms with van der Waals surface area (Å²) in [5.41, 5.74) is 6.03. The van der Waals surface area contributed by atoms with Crippen LogP contribution in [0.25, 0.3) is 0 Å². The van der Waals surface area contributed by atoms with E-state index in [4.69, 9.17) is 4.99 Å². The van der Waals surface area contributed by atoms with E-state index in [0.717, 1.165) is 22.8 Å². The van der Waals surface area contributed by atoms with Crippen molar-refractivity contribution < 1.29 is 0 Å². The number of anilines is 1. The molecule has 0 unspecified atom stereocenters. The summed E-state index contributed by atoms with van der Waals surface area (Å²) >= 11 is 0. The fraction of sp³-hybridized carbons (Fsp3) is 0.250. The van der Waals surface area contributed by atoms with Crippen LogP contribution in [0.3, 0.4) is 0 Å². The molecule has 0 spiro atoms. The SMILES string of the molecule is C=C1N(Nc2ccccc2)C(C)=N[C@@]1(C)c1ccccc1.CC. The summed E-state index contributed by atoms with van der Waals surface area (Å²) in [4.78, 5) is 4.83. The monoisotopic (exact) mass is 307 g/mol. The molecule has 0 aliphatic carbocycles. The van der Waals surface area contributed by atoms with Crippen LogP contribution in [0.5, 0.6) is 0 Å². The van der Waals surface area contributed by atoms with Crippen LogP contribution in [0.2, 0.25) is 0 Å². The van der Waals surface area contributed by atoms with Gasteiger partial charge in [-0.25, -0.2) is 5.01 Å². The van der Waals surface area contributed by atoms with Gasteiger partial charge >= 0.3 is 0 Å². The van der Waals surface area contributed by atoms with E-state index < -0.39 is 5.54 Å². The maximum absolute atomic E-state index is 4.83. The lowest BCUT2D eigenvalue weighted by Crippen LogP contribution is -2.33. The molecule has 120 valence electrons. The van der Waals surface area contributed by atoms with E-state index in [-0.39, 0.29) is 0 Å². The Bertz CT molecular complexity index is 677. The van der Waals surface area contributed by atoms with Gasteiger partial charge < -0.3 is 0 Å². The number of para-hydroxylation sites is 1. The van der Waals surface area contributed by atoms with Crippen LogP contribution in [0.15, 0.2) is 77.9 Å². The predicted octanol–water partition coefficient (Wildman–Crippen LogP) is 5.20. The molecule has 0 fully saturated rings. The van der Waals surface area contributed by atoms with Crippen molar-refractivity contribution in [2.75, 3.05) is 5.43 Å². The lowest BCUT2D eigenvalue weighted by atomic mass is 9.90. The van der Waals surface area contributed by atoms with Crippen LogP contribution >= 0.6 is 0 Å². The second-order valence-corrected chi connectivity index (χ2v) is 5.36. The largest absolute Gasteiger partial charge is 0.293 e. The molecule has 0 amide bonds. The van der Waals surface area contributed by atoms with Crippen LogP contribution in [0.1, 0.15) is 33.3 Å². The van der Waals surface area contributed by atoms with E-state index >= 15 is 0 Å². The zero-order chi connectivity index (χ0) is 16.9. The zero-order valence-corrected chi connectivity index (χ0v) is 14.4. The number of rotatable bonds is 3. The average molecular weight is 307 g/mol. The molecule has 3 rings (SSSR count). The van der Waals surface area contributed by atoms with E-state index in [1.807, 2.05) is 74.3 Å². The Kier molecular flexibility index (Phi) is 5.22. The molecule has 0 saturated carbocycles. The zero-order valence-electron chi connectivity index (χ0n) is 14.4. The summed E-state index contributed by atoms with van der Waals surface area (Å²) in [7, 11) is 0. The highest BCUT2D eigenvalue weighted by molar-refractivity contribution is 5.86. The number of hydrogen-bond acceptors (Lipinski definition) is 3. The molecule has 0 saturated heterocycles. The molecule has 0 aromatic heterocycles. The van der Waals surface area contributed by atoms with Crippen molar-refractivity contribution in [2.45, 2.75) is 33.2 Å². The maximum atomic E-state index is 4.83. The summed E-state index contributed by atoms with van der Waals surface area (Å²) in [6.45, 7) is 12.4. The Labute approximate surface area is 139 Å². The number of hydrazine groups is 1. The van der Waals surface area contributed by atoms with E-state index in [1.54, 1.807) is 0 Å². The fourth-order valence-corrected chi connectivity index (χ4v) is 2.64. The third kappa shape index (κ3) is 3.29. The smallest absolute Gasteiger partial charge is 0.126 e. The van der Waals surface area contributed by atoms with Crippen LogP contribution in [-0.4, -0.2) is 10.8 Å². The van der Waals surface area contributed by atoms with Crippen molar-refractivity contribution in [3.8, 4) is 0 Å². The third-order valence-corrected chi connectivity index (χ3v) is 3.89. The van der Waals surface area contributed by atoms with Crippen molar-refractivity contribution in [1.82, 2.24) is 5.01 Å². The highest BCUT2D eigenvalue weighted by Crippen LogP contribution is 2.39. The van der Waals surface area contributed by atoms with Gasteiger partial charge in [0.05, 0.1) is 11.4 Å². The molecular weight excluding hydrogens is 282 g/mol. The molecule has 1 aliphatic rings. The minimum atomic E-state index is -0.423. The Morgan fingerprint density at radius 2 is 1.48 bits per heavy atom. The van der Waals surface area contributed by atoms with Gasteiger partial charge in [0, 0.05) is 0 Å². The summed E-state index contributed by atoms with van der Waals surface area (Å²) in [6.07, 6.45) is 0. The normalized spacial score (nSPS) is 19.7. The van der Waals surface area contributed by atoms with E-state index in [0.29, 0.717) is 0 Å². The number of hydrogen-bond donors (Lipinski definition) is 1. The van der Waals surface area contributed by atoms with Gasteiger partial charge in [0.25, 0.3) is 0 Å². The number of nitrogens with one attached hydrogen (secondary N) is 1. The van der Waals surface area contributed by atoms with Gasteiger partial charge in [0.2, 0.25) is 0 Å². The van der Waals surface area contributed by atoms with E-state index in [2.05, 4.69) is 31.1 Å². The molecule has 23 heavy (non-hydrogen) atoms. The standard InChI is InChI=1S/C18H19N3.C2H6/c1-14-18(3,16-10-6-4-7-11-16)19-15(2)21(14)20-17-12-8-5-9-13-17;1-2/h4-13,20H,1H2,2-3H3;1-2H3/t18-;/m1./s1. The van der Waals surface area contributed by atoms with Gasteiger partial charge in [-0.05, 0) is 31.5 Å². The van der Waals surface area contributed by atoms with Crippen molar-refractivity contribution in [2.24, 2.45) is 4.99 Å². The molecular formula is C20H25N3. The van der Waals surface area contributed by atoms with Gasteiger partial charge in [0.15, 0.2) is 0 Å². The topological polar surface area (TPSA) is 27.6 Å². The number of nitrogens with zero attached hydrogens (tertiary/aromatic N) is 2. The van der Waals surface area contributed by atoms with Crippen LogP contribution < -0.4 is 5.43 Å². The first-order valence-corrected chi connectivity index (χ1v) is 8.04. The molecule has 1 N–H and O–H groups in total. The van der Waals surface area contributed by atoms with Gasteiger partial charge in [-0.1, -0.05) is 69.0 Å². The number of aliphatic imine (C=N–C) groups is 1. The van der Waals surface area contributed by atoms with E-state index in [9.17, 15) is 0 Å². The second kappa shape index (κ2) is 7.14. The molecule has 1 heterocycles. The number of benzene rings is 2. The summed E-state index contributed by atoms with van der Waals surface area (Å²) in [6, 6.07) is 20.3. The molecule has 0 radical (unpaired) electrons. The Hall–Kier alpha value is -2.55. The molecule has 2 aromatic carbocycles. The first-order valence-electron chi connectivity index (χ1n) is 8.04. The number of amidine groups is 1. The fourth-order valence-electron chi connectivity index (χ4n) is 2.64.